The second kappa shape index (κ2) is 5.12. The van der Waals surface area contributed by atoms with Gasteiger partial charge in [0.2, 0.25) is 0 Å². The number of alkyl halides is 3. The lowest BCUT2D eigenvalue weighted by Gasteiger charge is -2.12. The first-order valence-corrected chi connectivity index (χ1v) is 6.29. The molecule has 0 saturated carbocycles. The summed E-state index contributed by atoms with van der Waals surface area (Å²) in [5, 5.41) is 3.08. The van der Waals surface area contributed by atoms with Crippen molar-refractivity contribution in [2.75, 3.05) is 11.1 Å². The van der Waals surface area contributed by atoms with Gasteiger partial charge < -0.3 is 11.1 Å². The Morgan fingerprint density at radius 2 is 2.10 bits per heavy atom. The SMILES string of the molecule is Cc1ncc(C(=O)Nc2ccc(N)c(C(F)(F)F)c2)s1. The van der Waals surface area contributed by atoms with Crippen LogP contribution in [0.5, 0.6) is 0 Å². The molecular formula is C12H10F3N3OS. The lowest BCUT2D eigenvalue weighted by molar-refractivity contribution is -0.136. The maximum absolute atomic E-state index is 12.7. The molecule has 0 atom stereocenters. The minimum atomic E-state index is -4.56. The van der Waals surface area contributed by atoms with Crippen molar-refractivity contribution in [3.63, 3.8) is 0 Å². The Labute approximate surface area is 116 Å². The molecule has 0 aliphatic carbocycles. The van der Waals surface area contributed by atoms with Crippen LogP contribution in [0.3, 0.4) is 0 Å². The summed E-state index contributed by atoms with van der Waals surface area (Å²) in [6.45, 7) is 1.73. The van der Waals surface area contributed by atoms with Crippen molar-refractivity contribution in [2.45, 2.75) is 13.1 Å². The van der Waals surface area contributed by atoms with Gasteiger partial charge in [0.25, 0.3) is 5.91 Å². The summed E-state index contributed by atoms with van der Waals surface area (Å²) in [5.41, 5.74) is 3.95. The number of halogens is 3. The van der Waals surface area contributed by atoms with Gasteiger partial charge in [-0.3, -0.25) is 4.79 Å². The van der Waals surface area contributed by atoms with E-state index in [4.69, 9.17) is 5.73 Å². The van der Waals surface area contributed by atoms with Crippen LogP contribution in [-0.2, 0) is 6.18 Å². The molecular weight excluding hydrogens is 291 g/mol. The predicted molar refractivity (Wildman–Crippen MR) is 70.7 cm³/mol. The Balaban J connectivity index is 2.24. The van der Waals surface area contributed by atoms with Crippen LogP contribution >= 0.6 is 11.3 Å². The van der Waals surface area contributed by atoms with Crippen LogP contribution in [0.4, 0.5) is 24.5 Å². The van der Waals surface area contributed by atoms with Crippen LogP contribution in [-0.4, -0.2) is 10.9 Å². The van der Waals surface area contributed by atoms with Crippen LogP contribution in [0.25, 0.3) is 0 Å². The molecule has 1 aromatic carbocycles. The van der Waals surface area contributed by atoms with E-state index in [1.807, 2.05) is 0 Å². The number of nitrogens with zero attached hydrogens (tertiary/aromatic N) is 1. The summed E-state index contributed by atoms with van der Waals surface area (Å²) < 4.78 is 38.1. The Morgan fingerprint density at radius 3 is 2.65 bits per heavy atom. The van der Waals surface area contributed by atoms with Crippen LogP contribution in [0.15, 0.2) is 24.4 Å². The van der Waals surface area contributed by atoms with Crippen LogP contribution in [0.2, 0.25) is 0 Å². The minimum Gasteiger partial charge on any atom is -0.398 e. The smallest absolute Gasteiger partial charge is 0.398 e. The van der Waals surface area contributed by atoms with E-state index in [9.17, 15) is 18.0 Å². The molecule has 2 rings (SSSR count). The average Bonchev–Trinajstić information content (AvgIpc) is 2.77. The third-order valence-corrected chi connectivity index (χ3v) is 3.37. The van der Waals surface area contributed by atoms with Crippen molar-refractivity contribution in [1.29, 1.82) is 0 Å². The molecule has 0 aliphatic rings. The zero-order valence-electron chi connectivity index (χ0n) is 10.3. The zero-order valence-corrected chi connectivity index (χ0v) is 11.1. The Bertz CT molecular complexity index is 652. The number of aromatic nitrogens is 1. The maximum Gasteiger partial charge on any atom is 0.418 e. The summed E-state index contributed by atoms with van der Waals surface area (Å²) in [5.74, 6) is -0.506. The number of nitrogen functional groups attached to an aromatic ring is 1. The number of carbonyl (C=O) groups is 1. The van der Waals surface area contributed by atoms with Crippen molar-refractivity contribution in [1.82, 2.24) is 4.98 Å². The van der Waals surface area contributed by atoms with Gasteiger partial charge in [-0.1, -0.05) is 0 Å². The van der Waals surface area contributed by atoms with E-state index < -0.39 is 17.6 Å². The standard InChI is InChI=1S/C12H10F3N3OS/c1-6-17-5-10(20-6)11(19)18-7-2-3-9(16)8(4-7)12(13,14)15/h2-5H,16H2,1H3,(H,18,19). The average molecular weight is 301 g/mol. The fourth-order valence-corrected chi connectivity index (χ4v) is 2.21. The molecule has 0 saturated heterocycles. The Morgan fingerprint density at radius 1 is 1.40 bits per heavy atom. The fourth-order valence-electron chi connectivity index (χ4n) is 1.54. The first-order chi connectivity index (χ1) is 9.27. The third-order valence-electron chi connectivity index (χ3n) is 2.46. The highest BCUT2D eigenvalue weighted by Crippen LogP contribution is 2.35. The number of hydrogen-bond donors (Lipinski definition) is 2. The highest BCUT2D eigenvalue weighted by Gasteiger charge is 2.33. The minimum absolute atomic E-state index is 0.0302. The van der Waals surface area contributed by atoms with E-state index in [1.165, 1.54) is 12.3 Å². The van der Waals surface area contributed by atoms with E-state index >= 15 is 0 Å². The number of amides is 1. The van der Waals surface area contributed by atoms with Crippen molar-refractivity contribution in [3.8, 4) is 0 Å². The number of nitrogens with one attached hydrogen (secondary N) is 1. The third kappa shape index (κ3) is 3.08. The fraction of sp³-hybridized carbons (Fsp3) is 0.167. The number of rotatable bonds is 2. The summed E-state index contributed by atoms with van der Waals surface area (Å²) >= 11 is 1.16. The van der Waals surface area contributed by atoms with Gasteiger partial charge >= 0.3 is 6.18 Å². The molecule has 0 radical (unpaired) electrons. The number of carbonyl (C=O) groups excluding carboxylic acids is 1. The normalized spacial score (nSPS) is 11.4. The monoisotopic (exact) mass is 301 g/mol. The van der Waals surface area contributed by atoms with Gasteiger partial charge in [-0.15, -0.1) is 11.3 Å². The molecule has 106 valence electrons. The van der Waals surface area contributed by atoms with Gasteiger partial charge in [0.15, 0.2) is 0 Å². The molecule has 0 aliphatic heterocycles. The van der Waals surface area contributed by atoms with Gasteiger partial charge in [0.05, 0.1) is 16.8 Å². The van der Waals surface area contributed by atoms with Crippen molar-refractivity contribution >= 4 is 28.6 Å². The van der Waals surface area contributed by atoms with Crippen molar-refractivity contribution in [3.05, 3.63) is 39.8 Å². The second-order valence-corrected chi connectivity index (χ2v) is 5.23. The largest absolute Gasteiger partial charge is 0.418 e. The number of benzene rings is 1. The molecule has 1 heterocycles. The van der Waals surface area contributed by atoms with E-state index in [2.05, 4.69) is 10.3 Å². The second-order valence-electron chi connectivity index (χ2n) is 4.00. The Hall–Kier alpha value is -2.09. The molecule has 20 heavy (non-hydrogen) atoms. The van der Waals surface area contributed by atoms with Crippen LogP contribution in [0.1, 0.15) is 20.2 Å². The van der Waals surface area contributed by atoms with E-state index in [-0.39, 0.29) is 11.4 Å². The van der Waals surface area contributed by atoms with Crippen LogP contribution in [0, 0.1) is 6.92 Å². The van der Waals surface area contributed by atoms with Crippen molar-refractivity contribution < 1.29 is 18.0 Å². The number of anilines is 2. The molecule has 0 fully saturated rings. The predicted octanol–water partition coefficient (Wildman–Crippen LogP) is 3.30. The molecule has 1 aromatic heterocycles. The zero-order chi connectivity index (χ0) is 14.9. The lowest BCUT2D eigenvalue weighted by atomic mass is 10.1. The first-order valence-electron chi connectivity index (χ1n) is 5.48. The van der Waals surface area contributed by atoms with E-state index in [0.717, 1.165) is 23.5 Å². The molecule has 0 spiro atoms. The molecule has 4 nitrogen and oxygen atoms in total. The quantitative estimate of drug-likeness (QED) is 0.836. The first kappa shape index (κ1) is 14.3. The van der Waals surface area contributed by atoms with E-state index in [1.54, 1.807) is 6.92 Å². The lowest BCUT2D eigenvalue weighted by Crippen LogP contribution is -2.13. The van der Waals surface area contributed by atoms with Gasteiger partial charge in [-0.2, -0.15) is 13.2 Å². The molecule has 3 N–H and O–H groups in total. The summed E-state index contributed by atoms with van der Waals surface area (Å²) in [6, 6.07) is 3.23. The molecule has 2 aromatic rings. The Kier molecular flexibility index (Phi) is 3.67. The number of aryl methyl sites for hydroxylation is 1. The summed E-state index contributed by atoms with van der Waals surface area (Å²) in [6.07, 6.45) is -3.19. The summed E-state index contributed by atoms with van der Waals surface area (Å²) in [4.78, 5) is 16.1. The van der Waals surface area contributed by atoms with Gasteiger partial charge in [-0.05, 0) is 25.1 Å². The van der Waals surface area contributed by atoms with Crippen LogP contribution < -0.4 is 11.1 Å². The summed E-state index contributed by atoms with van der Waals surface area (Å²) in [7, 11) is 0. The molecule has 0 bridgehead atoms. The van der Waals surface area contributed by atoms with Gasteiger partial charge in [0.1, 0.15) is 4.88 Å². The van der Waals surface area contributed by atoms with E-state index in [0.29, 0.717) is 9.88 Å². The number of nitrogens with two attached hydrogens (primary N) is 1. The molecule has 8 heteroatoms. The van der Waals surface area contributed by atoms with Crippen molar-refractivity contribution in [2.24, 2.45) is 0 Å². The highest BCUT2D eigenvalue weighted by molar-refractivity contribution is 7.13. The maximum atomic E-state index is 12.7. The van der Waals surface area contributed by atoms with Gasteiger partial charge in [0, 0.05) is 11.4 Å². The number of thiazole rings is 1. The highest BCUT2D eigenvalue weighted by atomic mass is 32.1. The molecule has 0 unspecified atom stereocenters. The van der Waals surface area contributed by atoms with Gasteiger partial charge in [-0.25, -0.2) is 4.98 Å². The molecule has 1 amide bonds. The number of hydrogen-bond acceptors (Lipinski definition) is 4. The topological polar surface area (TPSA) is 68.0 Å².